The maximum atomic E-state index is 13.0. The average molecular weight is 407 g/mol. The molecule has 5 nitrogen and oxygen atoms in total. The summed E-state index contributed by atoms with van der Waals surface area (Å²) in [5, 5.41) is 0. The van der Waals surface area contributed by atoms with Crippen LogP contribution in [0.5, 0.6) is 0 Å². The highest BCUT2D eigenvalue weighted by Crippen LogP contribution is 2.28. The number of anilines is 1. The zero-order chi connectivity index (χ0) is 21.5. The van der Waals surface area contributed by atoms with Crippen molar-refractivity contribution < 1.29 is 14.4 Å². The third-order valence-corrected chi connectivity index (χ3v) is 5.61. The second kappa shape index (κ2) is 10.2. The van der Waals surface area contributed by atoms with Crippen LogP contribution in [0.3, 0.4) is 0 Å². The predicted octanol–water partition coefficient (Wildman–Crippen LogP) is 4.46. The largest absolute Gasteiger partial charge is 0.329 e. The van der Waals surface area contributed by atoms with Gasteiger partial charge in [-0.1, -0.05) is 62.2 Å². The number of benzene rings is 2. The maximum Gasteiger partial charge on any atom is 0.246 e. The van der Waals surface area contributed by atoms with Crippen LogP contribution < -0.4 is 4.90 Å². The second-order valence-corrected chi connectivity index (χ2v) is 7.94. The molecule has 0 spiro atoms. The molecule has 0 saturated carbocycles. The molecule has 2 amide bonds. The number of unbranched alkanes of at least 4 members (excludes halogenated alkanes) is 1. The summed E-state index contributed by atoms with van der Waals surface area (Å²) in [5.41, 5.74) is 3.03. The van der Waals surface area contributed by atoms with E-state index in [4.69, 9.17) is 0 Å². The molecule has 1 fully saturated rings. The Morgan fingerprint density at radius 3 is 2.43 bits per heavy atom. The Kier molecular flexibility index (Phi) is 7.39. The third kappa shape index (κ3) is 5.35. The molecular weight excluding hydrogens is 376 g/mol. The standard InChI is InChI=1S/C25H30N2O3/c1-3-4-12-23-17-26(25(30)18-27(23)24(29)15-14-19(2)28)22-13-8-11-21(16-22)20-9-6-5-7-10-20/h5-11,13,16,23H,3-4,12,14-15,17-18H2,1-2H3/t23-/m0/s1. The van der Waals surface area contributed by atoms with Gasteiger partial charge in [0.05, 0.1) is 6.04 Å². The van der Waals surface area contributed by atoms with Gasteiger partial charge in [0, 0.05) is 25.1 Å². The molecule has 0 aromatic heterocycles. The molecule has 0 unspecified atom stereocenters. The van der Waals surface area contributed by atoms with E-state index < -0.39 is 0 Å². The number of piperazine rings is 1. The Hall–Kier alpha value is -2.95. The Labute approximate surface area is 178 Å². The zero-order valence-corrected chi connectivity index (χ0v) is 17.8. The number of amides is 2. The van der Waals surface area contributed by atoms with E-state index in [9.17, 15) is 14.4 Å². The van der Waals surface area contributed by atoms with Crippen LogP contribution in [-0.4, -0.2) is 41.6 Å². The predicted molar refractivity (Wildman–Crippen MR) is 119 cm³/mol. The molecule has 2 aromatic carbocycles. The smallest absolute Gasteiger partial charge is 0.246 e. The number of hydrogen-bond acceptors (Lipinski definition) is 3. The lowest BCUT2D eigenvalue weighted by Crippen LogP contribution is -2.58. The van der Waals surface area contributed by atoms with E-state index in [2.05, 4.69) is 19.1 Å². The second-order valence-electron chi connectivity index (χ2n) is 7.94. The number of Topliss-reactive ketones (excluding diaryl/α,β-unsaturated/α-hetero) is 1. The minimum absolute atomic E-state index is 0.00357. The highest BCUT2D eigenvalue weighted by atomic mass is 16.2. The molecule has 5 heteroatoms. The fraction of sp³-hybridized carbons (Fsp3) is 0.400. The lowest BCUT2D eigenvalue weighted by molar-refractivity contribution is -0.140. The van der Waals surface area contributed by atoms with E-state index in [0.717, 1.165) is 36.1 Å². The Morgan fingerprint density at radius 2 is 1.73 bits per heavy atom. The van der Waals surface area contributed by atoms with Gasteiger partial charge in [-0.3, -0.25) is 9.59 Å². The van der Waals surface area contributed by atoms with Crippen molar-refractivity contribution >= 4 is 23.3 Å². The average Bonchev–Trinajstić information content (AvgIpc) is 2.77. The summed E-state index contributed by atoms with van der Waals surface area (Å²) in [7, 11) is 0. The van der Waals surface area contributed by atoms with Crippen LogP contribution in [0.4, 0.5) is 5.69 Å². The van der Waals surface area contributed by atoms with E-state index in [1.54, 1.807) is 4.90 Å². The van der Waals surface area contributed by atoms with Crippen molar-refractivity contribution in [2.75, 3.05) is 18.0 Å². The number of carbonyl (C=O) groups excluding carboxylic acids is 3. The highest BCUT2D eigenvalue weighted by molar-refractivity contribution is 5.99. The minimum atomic E-state index is -0.0997. The van der Waals surface area contributed by atoms with Crippen LogP contribution in [0.25, 0.3) is 11.1 Å². The molecule has 0 aliphatic carbocycles. The van der Waals surface area contributed by atoms with Gasteiger partial charge in [0.15, 0.2) is 0 Å². The molecule has 158 valence electrons. The normalized spacial score (nSPS) is 16.6. The van der Waals surface area contributed by atoms with Crippen molar-refractivity contribution in [3.05, 3.63) is 54.6 Å². The van der Waals surface area contributed by atoms with Gasteiger partial charge in [-0.15, -0.1) is 0 Å². The van der Waals surface area contributed by atoms with Gasteiger partial charge in [0.2, 0.25) is 11.8 Å². The van der Waals surface area contributed by atoms with Gasteiger partial charge in [-0.05, 0) is 36.6 Å². The highest BCUT2D eigenvalue weighted by Gasteiger charge is 2.35. The third-order valence-electron chi connectivity index (χ3n) is 5.61. The topological polar surface area (TPSA) is 57.7 Å². The molecule has 1 saturated heterocycles. The molecule has 0 N–H and O–H groups in total. The summed E-state index contributed by atoms with van der Waals surface area (Å²) in [6, 6.07) is 18.1. The van der Waals surface area contributed by atoms with Crippen LogP contribution in [-0.2, 0) is 14.4 Å². The van der Waals surface area contributed by atoms with Gasteiger partial charge in [-0.2, -0.15) is 0 Å². The molecule has 1 aliphatic rings. The first-order chi connectivity index (χ1) is 14.5. The Morgan fingerprint density at radius 1 is 1.00 bits per heavy atom. The first-order valence-electron chi connectivity index (χ1n) is 10.7. The maximum absolute atomic E-state index is 13.0. The summed E-state index contributed by atoms with van der Waals surface area (Å²) >= 11 is 0. The van der Waals surface area contributed by atoms with E-state index in [-0.39, 0.29) is 43.0 Å². The molecular formula is C25H30N2O3. The van der Waals surface area contributed by atoms with E-state index in [1.165, 1.54) is 6.92 Å². The summed E-state index contributed by atoms with van der Waals surface area (Å²) in [4.78, 5) is 40.5. The Bertz CT molecular complexity index is 894. The number of carbonyl (C=O) groups is 3. The van der Waals surface area contributed by atoms with Crippen molar-refractivity contribution in [3.63, 3.8) is 0 Å². The molecule has 3 rings (SSSR count). The molecule has 1 atom stereocenters. The van der Waals surface area contributed by atoms with E-state index >= 15 is 0 Å². The zero-order valence-electron chi connectivity index (χ0n) is 17.8. The fourth-order valence-corrected chi connectivity index (χ4v) is 3.91. The SMILES string of the molecule is CCCC[C@H]1CN(c2cccc(-c3ccccc3)c2)C(=O)CN1C(=O)CCC(C)=O. The quantitative estimate of drug-likeness (QED) is 0.650. The van der Waals surface area contributed by atoms with E-state index in [0.29, 0.717) is 6.54 Å². The Balaban J connectivity index is 1.81. The molecule has 2 aromatic rings. The van der Waals surface area contributed by atoms with Crippen molar-refractivity contribution in [2.45, 2.75) is 52.0 Å². The minimum Gasteiger partial charge on any atom is -0.329 e. The fourth-order valence-electron chi connectivity index (χ4n) is 3.91. The van der Waals surface area contributed by atoms with Gasteiger partial charge in [-0.25, -0.2) is 0 Å². The van der Waals surface area contributed by atoms with Gasteiger partial charge in [0.25, 0.3) is 0 Å². The molecule has 30 heavy (non-hydrogen) atoms. The number of ketones is 1. The number of hydrogen-bond donors (Lipinski definition) is 0. The van der Waals surface area contributed by atoms with Crippen molar-refractivity contribution in [3.8, 4) is 11.1 Å². The lowest BCUT2D eigenvalue weighted by atomic mass is 10.0. The lowest BCUT2D eigenvalue weighted by Gasteiger charge is -2.41. The van der Waals surface area contributed by atoms with Crippen LogP contribution in [0.2, 0.25) is 0 Å². The first kappa shape index (κ1) is 21.8. The van der Waals surface area contributed by atoms with Crippen molar-refractivity contribution in [1.29, 1.82) is 0 Å². The molecule has 1 aliphatic heterocycles. The van der Waals surface area contributed by atoms with Crippen molar-refractivity contribution in [2.24, 2.45) is 0 Å². The number of nitrogens with zero attached hydrogens (tertiary/aromatic N) is 2. The molecule has 1 heterocycles. The molecule has 0 radical (unpaired) electrons. The van der Waals surface area contributed by atoms with Gasteiger partial charge in [0.1, 0.15) is 12.3 Å². The van der Waals surface area contributed by atoms with E-state index in [1.807, 2.05) is 47.4 Å². The summed E-state index contributed by atoms with van der Waals surface area (Å²) in [5.74, 6) is -0.183. The van der Waals surface area contributed by atoms with Crippen LogP contribution >= 0.6 is 0 Å². The summed E-state index contributed by atoms with van der Waals surface area (Å²) < 4.78 is 0. The van der Waals surface area contributed by atoms with Crippen LogP contribution in [0.15, 0.2) is 54.6 Å². The summed E-state index contributed by atoms with van der Waals surface area (Å²) in [6.45, 7) is 4.17. The van der Waals surface area contributed by atoms with Crippen LogP contribution in [0, 0.1) is 0 Å². The van der Waals surface area contributed by atoms with Crippen LogP contribution in [0.1, 0.15) is 46.0 Å². The monoisotopic (exact) mass is 406 g/mol. The van der Waals surface area contributed by atoms with Gasteiger partial charge < -0.3 is 14.6 Å². The summed E-state index contributed by atoms with van der Waals surface area (Å²) in [6.07, 6.45) is 3.28. The number of rotatable bonds is 8. The first-order valence-corrected chi connectivity index (χ1v) is 10.7. The molecule has 0 bridgehead atoms. The van der Waals surface area contributed by atoms with Gasteiger partial charge >= 0.3 is 0 Å². The van der Waals surface area contributed by atoms with Crippen molar-refractivity contribution in [1.82, 2.24) is 4.90 Å².